The van der Waals surface area contributed by atoms with E-state index in [1.54, 1.807) is 30.3 Å². The Hall–Kier alpha value is -2.89. The van der Waals surface area contributed by atoms with Crippen LogP contribution in [0.5, 0.6) is 17.2 Å². The normalized spacial score (nSPS) is 9.87. The second-order valence-corrected chi connectivity index (χ2v) is 4.55. The molecule has 2 aromatic rings. The van der Waals surface area contributed by atoms with Crippen molar-refractivity contribution >= 4 is 17.4 Å². The first-order valence-electron chi connectivity index (χ1n) is 7.20. The Kier molecular flexibility index (Phi) is 5.68. The molecular formula is C17H20N2O4. The van der Waals surface area contributed by atoms with E-state index in [4.69, 9.17) is 14.2 Å². The van der Waals surface area contributed by atoms with Gasteiger partial charge in [-0.05, 0) is 31.2 Å². The Bertz CT molecular complexity index is 651. The Balaban J connectivity index is 2.18. The quantitative estimate of drug-likeness (QED) is 0.851. The molecule has 6 heteroatoms. The Morgan fingerprint density at radius 3 is 2.13 bits per heavy atom. The highest BCUT2D eigenvalue weighted by Gasteiger charge is 2.14. The summed E-state index contributed by atoms with van der Waals surface area (Å²) in [6, 6.07) is 12.1. The van der Waals surface area contributed by atoms with E-state index in [0.717, 1.165) is 0 Å². The maximum absolute atomic E-state index is 12.3. The Morgan fingerprint density at radius 1 is 0.913 bits per heavy atom. The molecule has 122 valence electrons. The highest BCUT2D eigenvalue weighted by molar-refractivity contribution is 6.02. The smallest absolute Gasteiger partial charge is 0.323 e. The molecule has 6 nitrogen and oxygen atoms in total. The largest absolute Gasteiger partial charge is 0.494 e. The van der Waals surface area contributed by atoms with Crippen LogP contribution in [0.25, 0.3) is 0 Å². The van der Waals surface area contributed by atoms with Gasteiger partial charge in [-0.25, -0.2) is 4.79 Å². The van der Waals surface area contributed by atoms with Crippen LogP contribution in [0.15, 0.2) is 42.5 Å². The lowest BCUT2D eigenvalue weighted by atomic mass is 10.2. The maximum atomic E-state index is 12.3. The van der Waals surface area contributed by atoms with Gasteiger partial charge >= 0.3 is 6.03 Å². The highest BCUT2D eigenvalue weighted by Crippen LogP contribution is 2.34. The number of hydrogen-bond acceptors (Lipinski definition) is 4. The fourth-order valence-electron chi connectivity index (χ4n) is 2.09. The SMILES string of the molecule is CCOc1ccccc1NC(=O)Nc1c(OC)cccc1OC. The van der Waals surface area contributed by atoms with Crippen LogP contribution < -0.4 is 24.8 Å². The summed E-state index contributed by atoms with van der Waals surface area (Å²) < 4.78 is 16.0. The van der Waals surface area contributed by atoms with Gasteiger partial charge in [-0.1, -0.05) is 18.2 Å². The Morgan fingerprint density at radius 2 is 1.52 bits per heavy atom. The zero-order chi connectivity index (χ0) is 16.7. The number of methoxy groups -OCH3 is 2. The van der Waals surface area contributed by atoms with E-state index >= 15 is 0 Å². The van der Waals surface area contributed by atoms with Crippen LogP contribution in [-0.4, -0.2) is 26.9 Å². The van der Waals surface area contributed by atoms with Crippen LogP contribution in [0.3, 0.4) is 0 Å². The van der Waals surface area contributed by atoms with E-state index in [9.17, 15) is 4.79 Å². The second kappa shape index (κ2) is 7.93. The van der Waals surface area contributed by atoms with Crippen molar-refractivity contribution in [2.75, 3.05) is 31.5 Å². The summed E-state index contributed by atoms with van der Waals surface area (Å²) in [6.45, 7) is 2.40. The molecule has 0 atom stereocenters. The van der Waals surface area contributed by atoms with E-state index in [1.165, 1.54) is 14.2 Å². The van der Waals surface area contributed by atoms with Gasteiger partial charge in [0, 0.05) is 0 Å². The first kappa shape index (κ1) is 16.5. The molecule has 0 spiro atoms. The number of urea groups is 1. The molecule has 0 fully saturated rings. The van der Waals surface area contributed by atoms with Gasteiger partial charge < -0.3 is 24.8 Å². The molecule has 0 radical (unpaired) electrons. The summed E-state index contributed by atoms with van der Waals surface area (Å²) in [5.41, 5.74) is 1.05. The van der Waals surface area contributed by atoms with Crippen molar-refractivity contribution < 1.29 is 19.0 Å². The summed E-state index contributed by atoms with van der Waals surface area (Å²) in [5.74, 6) is 1.63. The molecule has 0 aromatic heterocycles. The average molecular weight is 316 g/mol. The minimum absolute atomic E-state index is 0.417. The number of carbonyl (C=O) groups is 1. The lowest BCUT2D eigenvalue weighted by Gasteiger charge is -2.15. The summed E-state index contributed by atoms with van der Waals surface area (Å²) in [5, 5.41) is 5.50. The number of ether oxygens (including phenoxy) is 3. The number of amides is 2. The number of hydrogen-bond donors (Lipinski definition) is 2. The monoisotopic (exact) mass is 316 g/mol. The third-order valence-electron chi connectivity index (χ3n) is 3.10. The summed E-state index contributed by atoms with van der Waals surface area (Å²) >= 11 is 0. The summed E-state index contributed by atoms with van der Waals surface area (Å²) in [6.07, 6.45) is 0. The summed E-state index contributed by atoms with van der Waals surface area (Å²) in [7, 11) is 3.06. The molecule has 0 saturated heterocycles. The van der Waals surface area contributed by atoms with Gasteiger partial charge in [0.2, 0.25) is 0 Å². The van der Waals surface area contributed by atoms with Crippen molar-refractivity contribution in [1.29, 1.82) is 0 Å². The van der Waals surface area contributed by atoms with Crippen molar-refractivity contribution in [2.45, 2.75) is 6.92 Å². The van der Waals surface area contributed by atoms with Crippen LogP contribution in [0, 0.1) is 0 Å². The van der Waals surface area contributed by atoms with Gasteiger partial charge in [0.05, 0.1) is 26.5 Å². The van der Waals surface area contributed by atoms with Gasteiger partial charge in [0.25, 0.3) is 0 Å². The van der Waals surface area contributed by atoms with Crippen molar-refractivity contribution in [3.63, 3.8) is 0 Å². The molecule has 23 heavy (non-hydrogen) atoms. The lowest BCUT2D eigenvalue weighted by Crippen LogP contribution is -2.20. The predicted octanol–water partition coefficient (Wildman–Crippen LogP) is 3.75. The second-order valence-electron chi connectivity index (χ2n) is 4.55. The molecule has 0 unspecified atom stereocenters. The van der Waals surface area contributed by atoms with Gasteiger partial charge in [-0.2, -0.15) is 0 Å². The van der Waals surface area contributed by atoms with Crippen LogP contribution >= 0.6 is 0 Å². The third kappa shape index (κ3) is 4.06. The van der Waals surface area contributed by atoms with Gasteiger partial charge in [0.1, 0.15) is 22.9 Å². The molecule has 0 aliphatic heterocycles. The molecule has 0 bridgehead atoms. The zero-order valence-corrected chi connectivity index (χ0v) is 13.4. The average Bonchev–Trinajstić information content (AvgIpc) is 2.57. The molecule has 0 aliphatic rings. The van der Waals surface area contributed by atoms with E-state index in [0.29, 0.717) is 35.2 Å². The maximum Gasteiger partial charge on any atom is 0.323 e. The first-order chi connectivity index (χ1) is 11.2. The van der Waals surface area contributed by atoms with Crippen LogP contribution in [-0.2, 0) is 0 Å². The summed E-state index contributed by atoms with van der Waals surface area (Å²) in [4.78, 5) is 12.3. The van der Waals surface area contributed by atoms with Crippen molar-refractivity contribution in [1.82, 2.24) is 0 Å². The molecule has 2 aromatic carbocycles. The number of para-hydroxylation sites is 3. The number of nitrogens with one attached hydrogen (secondary N) is 2. The molecule has 2 amide bonds. The number of anilines is 2. The predicted molar refractivity (Wildman–Crippen MR) is 89.8 cm³/mol. The number of benzene rings is 2. The molecular weight excluding hydrogens is 296 g/mol. The fraction of sp³-hybridized carbons (Fsp3) is 0.235. The van der Waals surface area contributed by atoms with E-state index < -0.39 is 6.03 Å². The van der Waals surface area contributed by atoms with Crippen LogP contribution in [0.4, 0.5) is 16.2 Å². The van der Waals surface area contributed by atoms with Gasteiger partial charge in [-0.15, -0.1) is 0 Å². The molecule has 0 aliphatic carbocycles. The van der Waals surface area contributed by atoms with Crippen molar-refractivity contribution in [3.8, 4) is 17.2 Å². The fourth-order valence-corrected chi connectivity index (χ4v) is 2.09. The third-order valence-corrected chi connectivity index (χ3v) is 3.10. The van der Waals surface area contributed by atoms with E-state index in [1.807, 2.05) is 19.1 Å². The van der Waals surface area contributed by atoms with Gasteiger partial charge in [0.15, 0.2) is 0 Å². The number of rotatable bonds is 6. The van der Waals surface area contributed by atoms with Crippen LogP contribution in [0.1, 0.15) is 6.92 Å². The zero-order valence-electron chi connectivity index (χ0n) is 13.4. The van der Waals surface area contributed by atoms with Crippen molar-refractivity contribution in [2.24, 2.45) is 0 Å². The topological polar surface area (TPSA) is 68.8 Å². The Labute approximate surface area is 135 Å². The van der Waals surface area contributed by atoms with Crippen molar-refractivity contribution in [3.05, 3.63) is 42.5 Å². The lowest BCUT2D eigenvalue weighted by molar-refractivity contribution is 0.261. The van der Waals surface area contributed by atoms with E-state index in [2.05, 4.69) is 10.6 Å². The molecule has 0 saturated carbocycles. The minimum Gasteiger partial charge on any atom is -0.494 e. The van der Waals surface area contributed by atoms with Gasteiger partial charge in [-0.3, -0.25) is 0 Å². The molecule has 2 rings (SSSR count). The first-order valence-corrected chi connectivity index (χ1v) is 7.20. The standard InChI is InChI=1S/C17H20N2O4/c1-4-23-13-9-6-5-8-12(13)18-17(20)19-16-14(21-2)10-7-11-15(16)22-3/h5-11H,4H2,1-3H3,(H2,18,19,20). The van der Waals surface area contributed by atoms with Crippen LogP contribution in [0.2, 0.25) is 0 Å². The number of carbonyl (C=O) groups excluding carboxylic acids is 1. The highest BCUT2D eigenvalue weighted by atomic mass is 16.5. The molecule has 0 heterocycles. The van der Waals surface area contributed by atoms with E-state index in [-0.39, 0.29) is 0 Å². The molecule has 2 N–H and O–H groups in total. The minimum atomic E-state index is -0.417.